The molecule has 5 rings (SSSR count). The fourth-order valence-corrected chi connectivity index (χ4v) is 5.31. The lowest BCUT2D eigenvalue weighted by molar-refractivity contribution is -0.243. The van der Waals surface area contributed by atoms with Gasteiger partial charge in [-0.2, -0.15) is 13.2 Å². The van der Waals surface area contributed by atoms with Crippen LogP contribution in [0.3, 0.4) is 0 Å². The summed E-state index contributed by atoms with van der Waals surface area (Å²) in [6.07, 6.45) is -6.27. The number of aromatic nitrogens is 6. The van der Waals surface area contributed by atoms with Crippen LogP contribution in [0.1, 0.15) is 31.0 Å². The molecule has 3 heterocycles. The fourth-order valence-electron chi connectivity index (χ4n) is 5.16. The van der Waals surface area contributed by atoms with Crippen molar-refractivity contribution in [2.75, 3.05) is 13.7 Å². The highest BCUT2D eigenvalue weighted by molar-refractivity contribution is 6.30. The number of ether oxygens (including phenoxy) is 2. The second kappa shape index (κ2) is 10.4. The summed E-state index contributed by atoms with van der Waals surface area (Å²) in [4.78, 5) is 0. The molecule has 212 valence electrons. The number of rotatable bonds is 7. The lowest BCUT2D eigenvalue weighted by Gasteiger charge is -2.43. The minimum absolute atomic E-state index is 0.0606. The van der Waals surface area contributed by atoms with Gasteiger partial charge in [0.1, 0.15) is 30.0 Å². The van der Waals surface area contributed by atoms with E-state index in [2.05, 4.69) is 20.6 Å². The minimum Gasteiger partial charge on any atom is -0.394 e. The van der Waals surface area contributed by atoms with E-state index in [1.54, 1.807) is 0 Å². The first-order valence-electron chi connectivity index (χ1n) is 12.0. The van der Waals surface area contributed by atoms with E-state index in [4.69, 9.17) is 21.1 Å². The standard InChI is InChI=1S/C23H24ClF5N6O4/c1-38-21-15(7-11-8-35(33-30-11)22(5-2-6-22)23(27,28)29)39-16(10-36)20(37)19(21)34-9-14(31-32-34)12-3-4-13(24)18(26)17(12)25/h3-4,8-9,15-16,19-21,36-37H,2,5-7,10H2,1H3/t15-,16-,19+,20+,21+/m1/s1. The van der Waals surface area contributed by atoms with Crippen LogP contribution in [0.5, 0.6) is 0 Å². The highest BCUT2D eigenvalue weighted by Crippen LogP contribution is 2.50. The van der Waals surface area contributed by atoms with Crippen molar-refractivity contribution in [3.63, 3.8) is 0 Å². The van der Waals surface area contributed by atoms with Crippen molar-refractivity contribution in [3.05, 3.63) is 46.9 Å². The van der Waals surface area contributed by atoms with Gasteiger partial charge in [-0.15, -0.1) is 10.2 Å². The molecule has 16 heteroatoms. The predicted molar refractivity (Wildman–Crippen MR) is 124 cm³/mol. The molecule has 10 nitrogen and oxygen atoms in total. The molecular formula is C23H24ClF5N6O4. The van der Waals surface area contributed by atoms with Crippen molar-refractivity contribution in [3.8, 4) is 11.3 Å². The Morgan fingerprint density at radius 3 is 2.49 bits per heavy atom. The molecule has 39 heavy (non-hydrogen) atoms. The minimum atomic E-state index is -4.50. The highest BCUT2D eigenvalue weighted by Gasteiger charge is 2.60. The van der Waals surface area contributed by atoms with Crippen LogP contribution < -0.4 is 0 Å². The Bertz CT molecular complexity index is 1330. The van der Waals surface area contributed by atoms with E-state index in [-0.39, 0.29) is 36.2 Å². The number of benzene rings is 1. The fraction of sp³-hybridized carbons (Fsp3) is 0.565. The van der Waals surface area contributed by atoms with Gasteiger partial charge in [0.15, 0.2) is 17.2 Å². The summed E-state index contributed by atoms with van der Waals surface area (Å²) in [5.74, 6) is -2.49. The van der Waals surface area contributed by atoms with Gasteiger partial charge in [-0.1, -0.05) is 22.0 Å². The molecule has 0 bridgehead atoms. The molecule has 3 aromatic rings. The number of methoxy groups -OCH3 is 1. The Labute approximate surface area is 223 Å². The number of halogens is 6. The van der Waals surface area contributed by atoms with Gasteiger partial charge in [0.2, 0.25) is 0 Å². The van der Waals surface area contributed by atoms with Gasteiger partial charge in [-0.25, -0.2) is 18.1 Å². The molecule has 2 aromatic heterocycles. The molecule has 0 unspecified atom stereocenters. The second-order valence-corrected chi connectivity index (χ2v) is 10.0. The van der Waals surface area contributed by atoms with Crippen LogP contribution in [-0.4, -0.2) is 84.5 Å². The van der Waals surface area contributed by atoms with E-state index in [0.717, 1.165) is 10.7 Å². The molecule has 5 atom stereocenters. The van der Waals surface area contributed by atoms with Crippen molar-refractivity contribution in [2.45, 2.75) is 67.9 Å². The van der Waals surface area contributed by atoms with Gasteiger partial charge in [-0.05, 0) is 31.4 Å². The summed E-state index contributed by atoms with van der Waals surface area (Å²) in [6.45, 7) is -0.604. The van der Waals surface area contributed by atoms with Gasteiger partial charge in [0.25, 0.3) is 0 Å². The molecule has 1 aliphatic carbocycles. The zero-order valence-corrected chi connectivity index (χ0v) is 21.1. The van der Waals surface area contributed by atoms with E-state index >= 15 is 0 Å². The van der Waals surface area contributed by atoms with Crippen molar-refractivity contribution in [1.82, 2.24) is 30.0 Å². The largest absolute Gasteiger partial charge is 0.413 e. The zero-order chi connectivity index (χ0) is 28.1. The number of aliphatic hydroxyl groups excluding tert-OH is 2. The van der Waals surface area contributed by atoms with E-state index in [0.29, 0.717) is 6.42 Å². The molecule has 0 radical (unpaired) electrons. The van der Waals surface area contributed by atoms with E-state index in [9.17, 15) is 32.2 Å². The third kappa shape index (κ3) is 4.69. The Kier molecular flexibility index (Phi) is 7.39. The van der Waals surface area contributed by atoms with Crippen LogP contribution in [0.2, 0.25) is 5.02 Å². The zero-order valence-electron chi connectivity index (χ0n) is 20.4. The molecule has 1 saturated heterocycles. The van der Waals surface area contributed by atoms with Gasteiger partial charge < -0.3 is 19.7 Å². The molecule has 1 aromatic carbocycles. The summed E-state index contributed by atoms with van der Waals surface area (Å²) in [5.41, 5.74) is -2.20. The normalized spacial score (nSPS) is 26.9. The molecule has 2 N–H and O–H groups in total. The monoisotopic (exact) mass is 578 g/mol. The summed E-state index contributed by atoms with van der Waals surface area (Å²) in [7, 11) is 1.33. The number of hydrogen-bond donors (Lipinski definition) is 2. The molecule has 0 spiro atoms. The Hall–Kier alpha value is -2.72. The first kappa shape index (κ1) is 27.8. The van der Waals surface area contributed by atoms with Crippen molar-refractivity contribution >= 4 is 11.6 Å². The number of alkyl halides is 3. The van der Waals surface area contributed by atoms with Crippen LogP contribution in [0, 0.1) is 11.6 Å². The van der Waals surface area contributed by atoms with Crippen molar-refractivity contribution in [2.24, 2.45) is 0 Å². The first-order valence-corrected chi connectivity index (χ1v) is 12.4. The average Bonchev–Trinajstić information content (AvgIpc) is 3.52. The first-order chi connectivity index (χ1) is 18.5. The van der Waals surface area contributed by atoms with Crippen molar-refractivity contribution in [1.29, 1.82) is 0 Å². The Morgan fingerprint density at radius 2 is 1.87 bits per heavy atom. The molecule has 1 saturated carbocycles. The molecule has 2 fully saturated rings. The summed E-state index contributed by atoms with van der Waals surface area (Å²) < 4.78 is 83.2. The van der Waals surface area contributed by atoms with Crippen LogP contribution >= 0.6 is 11.6 Å². The van der Waals surface area contributed by atoms with Gasteiger partial charge in [0.05, 0.1) is 29.6 Å². The van der Waals surface area contributed by atoms with E-state index in [1.807, 2.05) is 0 Å². The average molecular weight is 579 g/mol. The SMILES string of the molecule is CO[C@@H]1[C@@H](n2cc(-c3ccc(Cl)c(F)c3F)nn2)[C@@H](O)[C@@H](CO)O[C@@H]1Cc1cn(C2(C(F)(F)F)CCC2)nn1. The Morgan fingerprint density at radius 1 is 1.13 bits per heavy atom. The predicted octanol–water partition coefficient (Wildman–Crippen LogP) is 2.83. The van der Waals surface area contributed by atoms with Crippen LogP contribution in [0.15, 0.2) is 24.5 Å². The quantitative estimate of drug-likeness (QED) is 0.324. The third-order valence-electron chi connectivity index (χ3n) is 7.46. The Balaban J connectivity index is 1.43. The van der Waals surface area contributed by atoms with E-state index in [1.165, 1.54) is 30.3 Å². The molecule has 1 aliphatic heterocycles. The van der Waals surface area contributed by atoms with Gasteiger partial charge in [-0.3, -0.25) is 0 Å². The molecular weight excluding hydrogens is 555 g/mol. The topological polar surface area (TPSA) is 120 Å². The lowest BCUT2D eigenvalue weighted by Crippen LogP contribution is -2.57. The second-order valence-electron chi connectivity index (χ2n) is 9.63. The third-order valence-corrected chi connectivity index (χ3v) is 7.75. The number of nitrogens with zero attached hydrogens (tertiary/aromatic N) is 6. The van der Waals surface area contributed by atoms with Crippen molar-refractivity contribution < 1.29 is 41.6 Å². The van der Waals surface area contributed by atoms with Gasteiger partial charge in [0, 0.05) is 25.3 Å². The van der Waals surface area contributed by atoms with Crippen LogP contribution in [0.25, 0.3) is 11.3 Å². The van der Waals surface area contributed by atoms with Gasteiger partial charge >= 0.3 is 6.18 Å². The molecule has 2 aliphatic rings. The summed E-state index contributed by atoms with van der Waals surface area (Å²) in [5, 5.41) is 35.9. The maximum absolute atomic E-state index is 14.5. The van der Waals surface area contributed by atoms with Crippen LogP contribution in [-0.2, 0) is 21.4 Å². The number of hydrogen-bond acceptors (Lipinski definition) is 8. The highest BCUT2D eigenvalue weighted by atomic mass is 35.5. The molecule has 0 amide bonds. The lowest BCUT2D eigenvalue weighted by atomic mass is 9.76. The van der Waals surface area contributed by atoms with Crippen LogP contribution in [0.4, 0.5) is 22.0 Å². The summed E-state index contributed by atoms with van der Waals surface area (Å²) >= 11 is 5.62. The maximum Gasteiger partial charge on any atom is 0.413 e. The smallest absolute Gasteiger partial charge is 0.394 e. The number of aliphatic hydroxyl groups is 2. The maximum atomic E-state index is 14.5. The van der Waals surface area contributed by atoms with E-state index < -0.39 is 65.4 Å². The summed E-state index contributed by atoms with van der Waals surface area (Å²) in [6, 6.07) is 1.35.